The van der Waals surface area contributed by atoms with Gasteiger partial charge in [-0.05, 0) is 88.6 Å². The minimum atomic E-state index is -1.11. The van der Waals surface area contributed by atoms with Gasteiger partial charge in [-0.15, -0.1) is 0 Å². The van der Waals surface area contributed by atoms with Crippen molar-refractivity contribution >= 4 is 52.3 Å². The third kappa shape index (κ3) is 13.3. The highest BCUT2D eigenvalue weighted by atomic mass is 16.6. The van der Waals surface area contributed by atoms with Gasteiger partial charge in [0.25, 0.3) is 0 Å². The molecule has 7 amide bonds. The summed E-state index contributed by atoms with van der Waals surface area (Å²) in [6.45, 7) is 7.74. The highest BCUT2D eigenvalue weighted by Gasteiger charge is 2.37. The molecule has 0 radical (unpaired) electrons. The number of carbonyl (C=O) groups excluding carboxylic acids is 6. The molecule has 8 N–H and O–H groups in total. The van der Waals surface area contributed by atoms with Crippen LogP contribution in [0, 0.1) is 6.92 Å². The molecule has 4 aromatic rings. The summed E-state index contributed by atoms with van der Waals surface area (Å²) in [6.07, 6.45) is 3.62. The number of anilines is 1. The number of aryl methyl sites for hydroxylation is 1. The highest BCUT2D eigenvalue weighted by Crippen LogP contribution is 2.24. The number of carbonyl (C=O) groups is 6. The maximum Gasteiger partial charge on any atom is 0.408 e. The second kappa shape index (κ2) is 21.0. The van der Waals surface area contributed by atoms with Crippen molar-refractivity contribution in [3.05, 3.63) is 102 Å². The lowest BCUT2D eigenvalue weighted by molar-refractivity contribution is -0.138. The number of nitrogens with one attached hydrogen (secondary N) is 6. The van der Waals surface area contributed by atoms with Crippen LogP contribution in [0.1, 0.15) is 76.0 Å². The molecule has 1 aliphatic rings. The SMILES string of the molecule is Cc1ccccc1NC(=O)NCCCC[C@H](NC(=O)C(Cc1c[nH]c2ccccc12)NC(=O)OC(C)(C)C)C(=O)N1CCC[C@H]1CC(=O)NC(Cc1ccccc1)C(N)=O. The zero-order chi connectivity index (χ0) is 43.2. The van der Waals surface area contributed by atoms with Crippen LogP contribution in [0.15, 0.2) is 85.1 Å². The summed E-state index contributed by atoms with van der Waals surface area (Å²) in [5.74, 6) is -2.05. The van der Waals surface area contributed by atoms with Crippen LogP contribution in [0.2, 0.25) is 0 Å². The molecule has 4 atom stereocenters. The quantitative estimate of drug-likeness (QED) is 0.0683. The highest BCUT2D eigenvalue weighted by molar-refractivity contribution is 5.93. The molecule has 1 fully saturated rings. The summed E-state index contributed by atoms with van der Waals surface area (Å²) in [6, 6.07) is 20.3. The van der Waals surface area contributed by atoms with Gasteiger partial charge in [0.05, 0.1) is 0 Å². The monoisotopic (exact) mass is 822 g/mol. The summed E-state index contributed by atoms with van der Waals surface area (Å²) in [7, 11) is 0. The summed E-state index contributed by atoms with van der Waals surface area (Å²) < 4.78 is 5.52. The first-order valence-electron chi connectivity index (χ1n) is 20.5. The number of aromatic nitrogens is 1. The maximum absolute atomic E-state index is 14.5. The number of urea groups is 1. The predicted molar refractivity (Wildman–Crippen MR) is 230 cm³/mol. The number of alkyl carbamates (subject to hydrolysis) is 1. The minimum Gasteiger partial charge on any atom is -0.444 e. The Labute approximate surface area is 350 Å². The number of benzene rings is 3. The molecule has 0 aliphatic carbocycles. The lowest BCUT2D eigenvalue weighted by atomic mass is 10.0. The molecule has 2 heterocycles. The molecule has 5 rings (SSSR count). The summed E-state index contributed by atoms with van der Waals surface area (Å²) >= 11 is 0. The fourth-order valence-corrected chi connectivity index (χ4v) is 7.34. The van der Waals surface area contributed by atoms with Gasteiger partial charge in [0, 0.05) is 61.2 Å². The molecule has 0 bridgehead atoms. The van der Waals surface area contributed by atoms with E-state index in [4.69, 9.17) is 10.5 Å². The number of nitrogens with zero attached hydrogens (tertiary/aromatic N) is 1. The Morgan fingerprint density at radius 3 is 2.30 bits per heavy atom. The molecule has 60 heavy (non-hydrogen) atoms. The fourth-order valence-electron chi connectivity index (χ4n) is 7.34. The molecule has 15 nitrogen and oxygen atoms in total. The summed E-state index contributed by atoms with van der Waals surface area (Å²) in [4.78, 5) is 85.0. The number of H-pyrrole nitrogens is 1. The second-order valence-electron chi connectivity index (χ2n) is 16.3. The topological polar surface area (TPSA) is 217 Å². The molecule has 1 aromatic heterocycles. The molecule has 0 spiro atoms. The van der Waals surface area contributed by atoms with Crippen LogP contribution in [-0.4, -0.2) is 88.5 Å². The van der Waals surface area contributed by atoms with Gasteiger partial charge < -0.3 is 46.9 Å². The molecular formula is C45H58N8O7. The fraction of sp³-hybridized carbons (Fsp3) is 0.422. The summed E-state index contributed by atoms with van der Waals surface area (Å²) in [5.41, 5.74) is 8.94. The second-order valence-corrected chi connectivity index (χ2v) is 16.3. The number of hydrogen-bond donors (Lipinski definition) is 7. The van der Waals surface area contributed by atoms with Crippen molar-refractivity contribution in [1.82, 2.24) is 31.2 Å². The Morgan fingerprint density at radius 1 is 0.850 bits per heavy atom. The van der Waals surface area contributed by atoms with E-state index in [1.54, 1.807) is 31.9 Å². The number of hydrogen-bond acceptors (Lipinski definition) is 7. The van der Waals surface area contributed by atoms with E-state index in [9.17, 15) is 28.8 Å². The van der Waals surface area contributed by atoms with Crippen LogP contribution in [0.4, 0.5) is 15.3 Å². The van der Waals surface area contributed by atoms with E-state index in [-0.39, 0.29) is 37.6 Å². The first kappa shape index (κ1) is 44.7. The number of aromatic amines is 1. The number of rotatable bonds is 18. The Bertz CT molecular complexity index is 2110. The van der Waals surface area contributed by atoms with Crippen LogP contribution in [0.3, 0.4) is 0 Å². The first-order chi connectivity index (χ1) is 28.7. The zero-order valence-electron chi connectivity index (χ0n) is 34.8. The van der Waals surface area contributed by atoms with E-state index in [1.807, 2.05) is 85.8 Å². The number of amides is 7. The van der Waals surface area contributed by atoms with Gasteiger partial charge in [-0.2, -0.15) is 0 Å². The van der Waals surface area contributed by atoms with Crippen molar-refractivity contribution in [3.8, 4) is 0 Å². The molecule has 320 valence electrons. The molecule has 0 saturated carbocycles. The molecule has 1 saturated heterocycles. The van der Waals surface area contributed by atoms with Crippen LogP contribution in [0.5, 0.6) is 0 Å². The van der Waals surface area contributed by atoms with Gasteiger partial charge in [-0.25, -0.2) is 9.59 Å². The van der Waals surface area contributed by atoms with Gasteiger partial charge >= 0.3 is 12.1 Å². The smallest absolute Gasteiger partial charge is 0.408 e. The van der Waals surface area contributed by atoms with Crippen LogP contribution >= 0.6 is 0 Å². The Hall–Kier alpha value is -6.38. The molecule has 2 unspecified atom stereocenters. The van der Waals surface area contributed by atoms with Crippen molar-refractivity contribution in [2.45, 2.75) is 109 Å². The summed E-state index contributed by atoms with van der Waals surface area (Å²) in [5, 5.41) is 15.0. The van der Waals surface area contributed by atoms with Crippen molar-refractivity contribution in [2.24, 2.45) is 5.73 Å². The predicted octanol–water partition coefficient (Wildman–Crippen LogP) is 4.98. The van der Waals surface area contributed by atoms with E-state index < -0.39 is 53.6 Å². The van der Waals surface area contributed by atoms with Gasteiger partial charge in [0.2, 0.25) is 23.6 Å². The molecular weight excluding hydrogens is 765 g/mol. The molecule has 1 aliphatic heterocycles. The lowest BCUT2D eigenvalue weighted by Crippen LogP contribution is -2.56. The maximum atomic E-state index is 14.5. The van der Waals surface area contributed by atoms with Gasteiger partial charge in [0.15, 0.2) is 0 Å². The van der Waals surface area contributed by atoms with E-state index in [2.05, 4.69) is 31.6 Å². The van der Waals surface area contributed by atoms with E-state index in [0.717, 1.165) is 27.6 Å². The van der Waals surface area contributed by atoms with E-state index in [1.165, 1.54) is 0 Å². The van der Waals surface area contributed by atoms with E-state index in [0.29, 0.717) is 44.5 Å². The van der Waals surface area contributed by atoms with Crippen molar-refractivity contribution < 1.29 is 33.5 Å². The standard InChI is InChI=1S/C45H58N8O7/c1-29-15-8-10-20-34(29)51-43(58)47-23-13-12-22-36(42(57)53-24-14-18-32(53)27-39(54)49-37(40(46)55)25-30-16-6-5-7-17-30)50-41(56)38(52-44(59)60-45(2,3)4)26-31-28-48-35-21-11-9-19-33(31)35/h5-11,15-17,19-21,28,32,36-38,48H,12-14,18,22-27H2,1-4H3,(H2,46,55)(H,49,54)(H,50,56)(H,52,59)(H2,47,51,58)/t32-,36-,37?,38?/m0/s1. The third-order valence-corrected chi connectivity index (χ3v) is 10.4. The van der Waals surface area contributed by atoms with Crippen LogP contribution in [0.25, 0.3) is 10.9 Å². The van der Waals surface area contributed by atoms with E-state index >= 15 is 0 Å². The van der Waals surface area contributed by atoms with Gasteiger partial charge in [-0.1, -0.05) is 66.7 Å². The zero-order valence-corrected chi connectivity index (χ0v) is 34.8. The third-order valence-electron chi connectivity index (χ3n) is 10.4. The van der Waals surface area contributed by atoms with Crippen molar-refractivity contribution in [1.29, 1.82) is 0 Å². The number of primary amides is 1. The lowest BCUT2D eigenvalue weighted by Gasteiger charge is -2.31. The van der Waals surface area contributed by atoms with Crippen LogP contribution < -0.4 is 32.3 Å². The van der Waals surface area contributed by atoms with Gasteiger partial charge in [-0.3, -0.25) is 19.2 Å². The number of likely N-dealkylation sites (tertiary alicyclic amines) is 1. The number of para-hydroxylation sites is 2. The van der Waals surface area contributed by atoms with Crippen molar-refractivity contribution in [2.75, 3.05) is 18.4 Å². The van der Waals surface area contributed by atoms with Gasteiger partial charge in [0.1, 0.15) is 23.7 Å². The minimum absolute atomic E-state index is 0.0612. The average Bonchev–Trinajstić information content (AvgIpc) is 3.84. The molecule has 15 heteroatoms. The molecule has 3 aromatic carbocycles. The Kier molecular flexibility index (Phi) is 15.7. The normalized spacial score (nSPS) is 15.3. The number of fused-ring (bicyclic) bond motifs is 1. The number of unbranched alkanes of at least 4 members (excludes halogenated alkanes) is 1. The van der Waals surface area contributed by atoms with Crippen molar-refractivity contribution in [3.63, 3.8) is 0 Å². The first-order valence-corrected chi connectivity index (χ1v) is 20.5. The Balaban J connectivity index is 1.30. The number of nitrogens with two attached hydrogens (primary N) is 1. The number of ether oxygens (including phenoxy) is 1. The average molecular weight is 823 g/mol. The van der Waals surface area contributed by atoms with Crippen LogP contribution in [-0.2, 0) is 36.8 Å². The largest absolute Gasteiger partial charge is 0.444 e. The Morgan fingerprint density at radius 2 is 1.57 bits per heavy atom.